The molecule has 5 heteroatoms. The predicted molar refractivity (Wildman–Crippen MR) is 78.0 cm³/mol. The van der Waals surface area contributed by atoms with Gasteiger partial charge in [-0.25, -0.2) is 13.1 Å². The first-order valence-corrected chi connectivity index (χ1v) is 8.21. The van der Waals surface area contributed by atoms with Gasteiger partial charge in [0.15, 0.2) is 0 Å². The molecule has 3 N–H and O–H groups in total. The van der Waals surface area contributed by atoms with E-state index in [-0.39, 0.29) is 5.75 Å². The summed E-state index contributed by atoms with van der Waals surface area (Å²) in [6, 6.07) is 7.05. The molecule has 0 saturated carbocycles. The minimum absolute atomic E-state index is 0.0568. The summed E-state index contributed by atoms with van der Waals surface area (Å²) in [6.45, 7) is 0.473. The second kappa shape index (κ2) is 6.21. The number of sulfonamides is 1. The Bertz CT molecular complexity index is 565. The van der Waals surface area contributed by atoms with Gasteiger partial charge in [0, 0.05) is 12.2 Å². The standard InChI is InChI=1S/C14H20N2O2S/c15-14-8-4-3-7-13(14)11-19(17,18)16-10-9-12-5-1-2-6-12/h3-5,7-8,16H,1-2,6,9-11,15H2. The number of nitrogens with one attached hydrogen (secondary N) is 1. The molecule has 0 amide bonds. The molecule has 4 nitrogen and oxygen atoms in total. The Morgan fingerprint density at radius 3 is 2.74 bits per heavy atom. The first kappa shape index (κ1) is 14.1. The molecule has 0 atom stereocenters. The lowest BCUT2D eigenvalue weighted by molar-refractivity contribution is 0.580. The van der Waals surface area contributed by atoms with Crippen LogP contribution in [0, 0.1) is 0 Å². The molecule has 0 unspecified atom stereocenters. The molecule has 1 aromatic carbocycles. The predicted octanol–water partition coefficient (Wildman–Crippen LogP) is 2.19. The molecular weight excluding hydrogens is 260 g/mol. The lowest BCUT2D eigenvalue weighted by atomic mass is 10.2. The van der Waals surface area contributed by atoms with Crippen LogP contribution in [-0.2, 0) is 15.8 Å². The van der Waals surface area contributed by atoms with Gasteiger partial charge in [-0.3, -0.25) is 0 Å². The minimum Gasteiger partial charge on any atom is -0.398 e. The van der Waals surface area contributed by atoms with Crippen LogP contribution in [0.15, 0.2) is 35.9 Å². The molecule has 104 valence electrons. The number of nitrogens with two attached hydrogens (primary N) is 1. The molecule has 1 aromatic rings. The molecule has 0 bridgehead atoms. The van der Waals surface area contributed by atoms with E-state index in [1.54, 1.807) is 24.3 Å². The molecule has 19 heavy (non-hydrogen) atoms. The van der Waals surface area contributed by atoms with Crippen LogP contribution in [0.4, 0.5) is 5.69 Å². The van der Waals surface area contributed by atoms with Crippen molar-refractivity contribution in [2.75, 3.05) is 12.3 Å². The number of hydrogen-bond acceptors (Lipinski definition) is 3. The van der Waals surface area contributed by atoms with Crippen molar-refractivity contribution >= 4 is 15.7 Å². The monoisotopic (exact) mass is 280 g/mol. The van der Waals surface area contributed by atoms with E-state index < -0.39 is 10.0 Å². The number of benzene rings is 1. The van der Waals surface area contributed by atoms with Gasteiger partial charge in [-0.1, -0.05) is 29.8 Å². The van der Waals surface area contributed by atoms with Crippen molar-refractivity contribution in [2.45, 2.75) is 31.4 Å². The summed E-state index contributed by atoms with van der Waals surface area (Å²) in [7, 11) is -3.31. The maximum atomic E-state index is 11.9. The Balaban J connectivity index is 1.86. The molecule has 1 aliphatic rings. The third-order valence-electron chi connectivity index (χ3n) is 3.30. The van der Waals surface area contributed by atoms with Gasteiger partial charge in [0.05, 0.1) is 5.75 Å². The van der Waals surface area contributed by atoms with Gasteiger partial charge in [0.25, 0.3) is 0 Å². The van der Waals surface area contributed by atoms with Gasteiger partial charge in [0.2, 0.25) is 10.0 Å². The van der Waals surface area contributed by atoms with E-state index in [1.165, 1.54) is 12.0 Å². The number of allylic oxidation sites excluding steroid dienone is 1. The van der Waals surface area contributed by atoms with Gasteiger partial charge in [-0.05, 0) is 37.3 Å². The topological polar surface area (TPSA) is 72.2 Å². The highest BCUT2D eigenvalue weighted by Gasteiger charge is 2.13. The number of hydrogen-bond donors (Lipinski definition) is 2. The third-order valence-corrected chi connectivity index (χ3v) is 4.64. The van der Waals surface area contributed by atoms with Crippen LogP contribution in [0.5, 0.6) is 0 Å². The van der Waals surface area contributed by atoms with Gasteiger partial charge in [-0.2, -0.15) is 0 Å². The highest BCUT2D eigenvalue weighted by molar-refractivity contribution is 7.88. The molecule has 0 aliphatic heterocycles. The summed E-state index contributed by atoms with van der Waals surface area (Å²) in [5.41, 5.74) is 8.29. The number of rotatable bonds is 6. The number of nitrogen functional groups attached to an aromatic ring is 1. The molecule has 0 heterocycles. The number of anilines is 1. The van der Waals surface area contributed by atoms with Gasteiger partial charge < -0.3 is 5.73 Å². The van der Waals surface area contributed by atoms with Crippen molar-refractivity contribution in [1.29, 1.82) is 0 Å². The molecule has 0 aromatic heterocycles. The summed E-state index contributed by atoms with van der Waals surface area (Å²) in [4.78, 5) is 0. The van der Waals surface area contributed by atoms with Crippen LogP contribution < -0.4 is 10.5 Å². The van der Waals surface area contributed by atoms with Gasteiger partial charge >= 0.3 is 0 Å². The fourth-order valence-corrected chi connectivity index (χ4v) is 3.44. The highest BCUT2D eigenvalue weighted by Crippen LogP contribution is 2.20. The first-order valence-electron chi connectivity index (χ1n) is 6.55. The van der Waals surface area contributed by atoms with Crippen molar-refractivity contribution in [3.05, 3.63) is 41.5 Å². The zero-order valence-corrected chi connectivity index (χ0v) is 11.7. The van der Waals surface area contributed by atoms with E-state index in [0.29, 0.717) is 17.8 Å². The van der Waals surface area contributed by atoms with E-state index in [1.807, 2.05) is 0 Å². The fraction of sp³-hybridized carbons (Fsp3) is 0.429. The highest BCUT2D eigenvalue weighted by atomic mass is 32.2. The maximum Gasteiger partial charge on any atom is 0.215 e. The van der Waals surface area contributed by atoms with Crippen LogP contribution in [0.2, 0.25) is 0 Å². The van der Waals surface area contributed by atoms with Gasteiger partial charge in [-0.15, -0.1) is 0 Å². The average molecular weight is 280 g/mol. The molecule has 1 aliphatic carbocycles. The average Bonchev–Trinajstić information content (AvgIpc) is 2.85. The Hall–Kier alpha value is -1.33. The molecule has 0 spiro atoms. The van der Waals surface area contributed by atoms with E-state index in [9.17, 15) is 8.42 Å². The Kier molecular flexibility index (Phi) is 4.61. The van der Waals surface area contributed by atoms with Crippen LogP contribution in [0.25, 0.3) is 0 Å². The van der Waals surface area contributed by atoms with E-state index in [4.69, 9.17) is 5.73 Å². The lowest BCUT2D eigenvalue weighted by Crippen LogP contribution is -2.26. The van der Waals surface area contributed by atoms with E-state index in [0.717, 1.165) is 19.3 Å². The fourth-order valence-electron chi connectivity index (χ4n) is 2.25. The SMILES string of the molecule is Nc1ccccc1CS(=O)(=O)NCCC1=CCCC1. The van der Waals surface area contributed by atoms with Crippen molar-refractivity contribution in [3.8, 4) is 0 Å². The molecule has 0 radical (unpaired) electrons. The summed E-state index contributed by atoms with van der Waals surface area (Å²) >= 11 is 0. The Morgan fingerprint density at radius 2 is 2.05 bits per heavy atom. The van der Waals surface area contributed by atoms with Crippen molar-refractivity contribution < 1.29 is 8.42 Å². The van der Waals surface area contributed by atoms with E-state index in [2.05, 4.69) is 10.8 Å². The van der Waals surface area contributed by atoms with Crippen LogP contribution in [-0.4, -0.2) is 15.0 Å². The first-order chi connectivity index (χ1) is 9.07. The normalized spacial score (nSPS) is 15.5. The van der Waals surface area contributed by atoms with Crippen LogP contribution >= 0.6 is 0 Å². The van der Waals surface area contributed by atoms with E-state index >= 15 is 0 Å². The molecular formula is C14H20N2O2S. The van der Waals surface area contributed by atoms with Crippen LogP contribution in [0.3, 0.4) is 0 Å². The second-order valence-electron chi connectivity index (χ2n) is 4.86. The largest absolute Gasteiger partial charge is 0.398 e. The Morgan fingerprint density at radius 1 is 1.26 bits per heavy atom. The van der Waals surface area contributed by atoms with Crippen LogP contribution in [0.1, 0.15) is 31.2 Å². The number of para-hydroxylation sites is 1. The van der Waals surface area contributed by atoms with Crippen molar-refractivity contribution in [3.63, 3.8) is 0 Å². The lowest BCUT2D eigenvalue weighted by Gasteiger charge is -2.09. The summed E-state index contributed by atoms with van der Waals surface area (Å²) in [6.07, 6.45) is 6.45. The third kappa shape index (κ3) is 4.36. The Labute approximate surface area is 114 Å². The molecule has 0 fully saturated rings. The van der Waals surface area contributed by atoms with Gasteiger partial charge in [0.1, 0.15) is 0 Å². The zero-order valence-electron chi connectivity index (χ0n) is 10.9. The minimum atomic E-state index is -3.31. The summed E-state index contributed by atoms with van der Waals surface area (Å²) in [5, 5.41) is 0. The summed E-state index contributed by atoms with van der Waals surface area (Å²) < 4.78 is 26.5. The van der Waals surface area contributed by atoms with Crippen molar-refractivity contribution in [2.24, 2.45) is 0 Å². The molecule has 2 rings (SSSR count). The molecule has 0 saturated heterocycles. The summed E-state index contributed by atoms with van der Waals surface area (Å²) in [5.74, 6) is -0.0568. The maximum absolute atomic E-state index is 11.9. The zero-order chi connectivity index (χ0) is 13.7. The second-order valence-corrected chi connectivity index (χ2v) is 6.66. The smallest absolute Gasteiger partial charge is 0.215 e. The quantitative estimate of drug-likeness (QED) is 0.620. The van der Waals surface area contributed by atoms with Crippen molar-refractivity contribution in [1.82, 2.24) is 4.72 Å².